The zero-order valence-corrected chi connectivity index (χ0v) is 18.4. The van der Waals surface area contributed by atoms with Crippen LogP contribution in [0, 0.1) is 5.92 Å². The summed E-state index contributed by atoms with van der Waals surface area (Å²) in [6.07, 6.45) is 3.45. The number of benzene rings is 2. The van der Waals surface area contributed by atoms with Crippen molar-refractivity contribution in [3.63, 3.8) is 0 Å². The molecular weight excluding hydrogens is 422 g/mol. The summed E-state index contributed by atoms with van der Waals surface area (Å²) in [5, 5.41) is 0. The van der Waals surface area contributed by atoms with Crippen LogP contribution in [0.15, 0.2) is 53.8 Å². The zero-order valence-electron chi connectivity index (χ0n) is 18.4. The van der Waals surface area contributed by atoms with Gasteiger partial charge in [-0.25, -0.2) is 0 Å². The number of ketones is 1. The molecule has 7 nitrogen and oxygen atoms in total. The maximum atomic E-state index is 13.7. The lowest BCUT2D eigenvalue weighted by atomic mass is 9.77. The van der Waals surface area contributed by atoms with Gasteiger partial charge in [0.25, 0.3) is 5.91 Å². The molecule has 2 aromatic carbocycles. The molecule has 3 unspecified atom stereocenters. The number of hydrogen-bond acceptors (Lipinski definition) is 6. The van der Waals surface area contributed by atoms with Crippen LogP contribution in [-0.4, -0.2) is 36.6 Å². The largest absolute Gasteiger partial charge is 0.497 e. The minimum absolute atomic E-state index is 0.0512. The molecule has 1 saturated carbocycles. The minimum atomic E-state index is -0.525. The van der Waals surface area contributed by atoms with E-state index >= 15 is 0 Å². The van der Waals surface area contributed by atoms with E-state index in [4.69, 9.17) is 18.9 Å². The summed E-state index contributed by atoms with van der Waals surface area (Å²) < 4.78 is 22.6. The molecule has 3 aliphatic heterocycles. The predicted octanol–water partition coefficient (Wildman–Crippen LogP) is 3.92. The van der Waals surface area contributed by atoms with Gasteiger partial charge in [0.15, 0.2) is 23.0 Å². The van der Waals surface area contributed by atoms with E-state index in [1.807, 2.05) is 42.5 Å². The van der Waals surface area contributed by atoms with Gasteiger partial charge in [-0.15, -0.1) is 0 Å². The molecule has 1 fully saturated rings. The van der Waals surface area contributed by atoms with E-state index < -0.39 is 6.04 Å². The molecule has 3 atom stereocenters. The summed E-state index contributed by atoms with van der Waals surface area (Å²) in [6.45, 7) is 0.505. The Bertz CT molecular complexity index is 1170. The molecule has 0 aromatic heterocycles. The molecular formula is C26H25NO6. The van der Waals surface area contributed by atoms with E-state index in [1.54, 1.807) is 12.0 Å². The van der Waals surface area contributed by atoms with Crippen molar-refractivity contribution in [2.75, 3.05) is 13.9 Å². The van der Waals surface area contributed by atoms with Gasteiger partial charge in [0.05, 0.1) is 24.6 Å². The van der Waals surface area contributed by atoms with Gasteiger partial charge >= 0.3 is 0 Å². The zero-order chi connectivity index (χ0) is 22.5. The SMILES string of the molecule is COc1cccc(C2C3=C(OC4CCCCC4C3=O)C(=O)N2Cc2ccc3c(c2)OCO3)c1. The van der Waals surface area contributed by atoms with Crippen LogP contribution in [-0.2, 0) is 20.9 Å². The second-order valence-corrected chi connectivity index (χ2v) is 8.95. The Kier molecular flexibility index (Phi) is 4.78. The molecule has 7 heteroatoms. The lowest BCUT2D eigenvalue weighted by molar-refractivity contribution is -0.135. The second-order valence-electron chi connectivity index (χ2n) is 8.95. The molecule has 0 radical (unpaired) electrons. The van der Waals surface area contributed by atoms with Crippen molar-refractivity contribution in [1.29, 1.82) is 0 Å². The fourth-order valence-electron chi connectivity index (χ4n) is 5.45. The quantitative estimate of drug-likeness (QED) is 0.707. The van der Waals surface area contributed by atoms with Crippen LogP contribution in [0.3, 0.4) is 0 Å². The Morgan fingerprint density at radius 2 is 1.88 bits per heavy atom. The molecule has 1 aliphatic carbocycles. The fraction of sp³-hybridized carbons (Fsp3) is 0.385. The summed E-state index contributed by atoms with van der Waals surface area (Å²) in [5.74, 6) is 1.88. The smallest absolute Gasteiger partial charge is 0.290 e. The predicted molar refractivity (Wildman–Crippen MR) is 118 cm³/mol. The number of hydrogen-bond donors (Lipinski definition) is 0. The highest BCUT2D eigenvalue weighted by Crippen LogP contribution is 2.48. The highest BCUT2D eigenvalue weighted by Gasteiger charge is 2.51. The number of ether oxygens (including phenoxy) is 4. The van der Waals surface area contributed by atoms with Crippen molar-refractivity contribution in [3.8, 4) is 17.2 Å². The number of methoxy groups -OCH3 is 1. The van der Waals surface area contributed by atoms with Crippen molar-refractivity contribution in [1.82, 2.24) is 4.90 Å². The molecule has 170 valence electrons. The molecule has 6 rings (SSSR count). The van der Waals surface area contributed by atoms with E-state index in [2.05, 4.69) is 0 Å². The Morgan fingerprint density at radius 3 is 2.76 bits per heavy atom. The summed E-state index contributed by atoms with van der Waals surface area (Å²) in [5.41, 5.74) is 2.21. The standard InChI is InChI=1S/C26H25NO6/c1-30-17-6-4-5-16(12-17)23-22-24(28)18-7-2-3-8-19(18)33-25(22)26(29)27(23)13-15-9-10-20-21(11-15)32-14-31-20/h4-6,9-12,18-19,23H,2-3,7-8,13-14H2,1H3. The van der Waals surface area contributed by atoms with E-state index in [1.165, 1.54) is 0 Å². The molecule has 1 amide bonds. The normalized spacial score (nSPS) is 25.6. The molecule has 0 N–H and O–H groups in total. The van der Waals surface area contributed by atoms with Crippen molar-refractivity contribution in [2.24, 2.45) is 5.92 Å². The van der Waals surface area contributed by atoms with Gasteiger partial charge < -0.3 is 23.8 Å². The maximum absolute atomic E-state index is 13.7. The first-order valence-electron chi connectivity index (χ1n) is 11.4. The van der Waals surface area contributed by atoms with Gasteiger partial charge in [0.1, 0.15) is 11.9 Å². The van der Waals surface area contributed by atoms with E-state index in [0.717, 1.165) is 36.8 Å². The summed E-state index contributed by atoms with van der Waals surface area (Å²) in [4.78, 5) is 29.1. The Labute approximate surface area is 191 Å². The average molecular weight is 447 g/mol. The van der Waals surface area contributed by atoms with Gasteiger partial charge in [0.2, 0.25) is 6.79 Å². The third-order valence-electron chi connectivity index (χ3n) is 7.06. The fourth-order valence-corrected chi connectivity index (χ4v) is 5.45. The van der Waals surface area contributed by atoms with Crippen LogP contribution in [0.4, 0.5) is 0 Å². The van der Waals surface area contributed by atoms with Gasteiger partial charge in [0, 0.05) is 6.54 Å². The second kappa shape index (κ2) is 7.83. The minimum Gasteiger partial charge on any atom is -0.497 e. The average Bonchev–Trinajstić information content (AvgIpc) is 3.42. The van der Waals surface area contributed by atoms with Crippen LogP contribution in [0.2, 0.25) is 0 Å². The van der Waals surface area contributed by atoms with Crippen LogP contribution >= 0.6 is 0 Å². The Morgan fingerprint density at radius 1 is 1.03 bits per heavy atom. The highest BCUT2D eigenvalue weighted by molar-refractivity contribution is 6.11. The maximum Gasteiger partial charge on any atom is 0.290 e. The van der Waals surface area contributed by atoms with E-state index in [-0.39, 0.29) is 36.3 Å². The molecule has 3 heterocycles. The van der Waals surface area contributed by atoms with Crippen LogP contribution < -0.4 is 14.2 Å². The van der Waals surface area contributed by atoms with Crippen LogP contribution in [0.25, 0.3) is 0 Å². The molecule has 0 spiro atoms. The first kappa shape index (κ1) is 20.1. The van der Waals surface area contributed by atoms with Crippen LogP contribution in [0.5, 0.6) is 17.2 Å². The van der Waals surface area contributed by atoms with Gasteiger partial charge in [-0.05, 0) is 54.7 Å². The topological polar surface area (TPSA) is 74.3 Å². The van der Waals surface area contributed by atoms with Crippen molar-refractivity contribution >= 4 is 11.7 Å². The molecule has 4 aliphatic rings. The number of carbonyl (C=O) groups is 2. The van der Waals surface area contributed by atoms with E-state index in [9.17, 15) is 9.59 Å². The number of nitrogens with zero attached hydrogens (tertiary/aromatic N) is 1. The molecule has 0 saturated heterocycles. The van der Waals surface area contributed by atoms with Gasteiger partial charge in [-0.1, -0.05) is 24.6 Å². The highest BCUT2D eigenvalue weighted by atomic mass is 16.7. The Hall–Kier alpha value is -3.48. The lowest BCUT2D eigenvalue weighted by Crippen LogP contribution is -2.39. The van der Waals surface area contributed by atoms with Gasteiger partial charge in [-0.2, -0.15) is 0 Å². The summed E-state index contributed by atoms with van der Waals surface area (Å²) >= 11 is 0. The third kappa shape index (κ3) is 3.25. The molecule has 33 heavy (non-hydrogen) atoms. The number of rotatable bonds is 4. The van der Waals surface area contributed by atoms with Crippen LogP contribution in [0.1, 0.15) is 42.9 Å². The van der Waals surface area contributed by atoms with E-state index in [0.29, 0.717) is 29.4 Å². The number of fused-ring (bicyclic) bond motifs is 2. The summed E-state index contributed by atoms with van der Waals surface area (Å²) in [7, 11) is 1.61. The van der Waals surface area contributed by atoms with Crippen molar-refractivity contribution in [2.45, 2.75) is 44.4 Å². The Balaban J connectivity index is 1.42. The van der Waals surface area contributed by atoms with Gasteiger partial charge in [-0.3, -0.25) is 9.59 Å². The molecule has 2 aromatic rings. The molecule has 0 bridgehead atoms. The van der Waals surface area contributed by atoms with Crippen molar-refractivity contribution < 1.29 is 28.5 Å². The third-order valence-corrected chi connectivity index (χ3v) is 7.06. The number of carbonyl (C=O) groups excluding carboxylic acids is 2. The number of amides is 1. The first-order valence-corrected chi connectivity index (χ1v) is 11.4. The lowest BCUT2D eigenvalue weighted by Gasteiger charge is -2.35. The summed E-state index contributed by atoms with van der Waals surface area (Å²) in [6, 6.07) is 12.7. The number of Topliss-reactive ketones (excluding diaryl/α,β-unsaturated/α-hetero) is 1. The monoisotopic (exact) mass is 447 g/mol. The van der Waals surface area contributed by atoms with Crippen molar-refractivity contribution in [3.05, 3.63) is 64.9 Å². The first-order chi connectivity index (χ1) is 16.1.